The van der Waals surface area contributed by atoms with Gasteiger partial charge in [0.2, 0.25) is 0 Å². The molecule has 0 rings (SSSR count). The quantitative estimate of drug-likeness (QED) is 0.672. The topological polar surface area (TPSA) is 40.5 Å². The van der Waals surface area contributed by atoms with Crippen molar-refractivity contribution >= 4 is 8.07 Å². The molecule has 0 saturated carbocycles. The summed E-state index contributed by atoms with van der Waals surface area (Å²) >= 11 is 0. The van der Waals surface area contributed by atoms with Crippen molar-refractivity contribution in [2.24, 2.45) is 11.3 Å². The van der Waals surface area contributed by atoms with E-state index < -0.39 is 8.07 Å². The summed E-state index contributed by atoms with van der Waals surface area (Å²) in [4.78, 5) is 0. The van der Waals surface area contributed by atoms with Gasteiger partial charge in [0.15, 0.2) is 0 Å². The van der Waals surface area contributed by atoms with E-state index in [-0.39, 0.29) is 18.6 Å². The Hall–Kier alpha value is 0.137. The molecule has 0 aliphatic heterocycles. The number of hydrogen-bond donors (Lipinski definition) is 2. The van der Waals surface area contributed by atoms with Crippen LogP contribution in [-0.4, -0.2) is 31.5 Å². The van der Waals surface area contributed by atoms with Gasteiger partial charge >= 0.3 is 0 Å². The molecule has 0 unspecified atom stereocenters. The molecule has 2 nitrogen and oxygen atoms in total. The highest BCUT2D eigenvalue weighted by molar-refractivity contribution is 6.76. The van der Waals surface area contributed by atoms with Crippen molar-refractivity contribution in [2.75, 3.05) is 13.2 Å². The molecule has 0 aromatic carbocycles. The molecule has 0 amide bonds. The third kappa shape index (κ3) is 5.13. The first kappa shape index (κ1) is 14.1. The first-order valence-electron chi connectivity index (χ1n) is 5.46. The molecule has 0 radical (unpaired) electrons. The van der Waals surface area contributed by atoms with Crippen LogP contribution in [-0.2, 0) is 0 Å². The summed E-state index contributed by atoms with van der Waals surface area (Å²) < 4.78 is 0. The second kappa shape index (κ2) is 5.28. The summed E-state index contributed by atoms with van der Waals surface area (Å²) in [7, 11) is -1.22. The average molecular weight is 218 g/mol. The van der Waals surface area contributed by atoms with Crippen molar-refractivity contribution in [1.82, 2.24) is 0 Å². The second-order valence-corrected chi connectivity index (χ2v) is 11.6. The maximum absolute atomic E-state index is 9.45. The molecule has 0 spiro atoms. The zero-order valence-electron chi connectivity index (χ0n) is 10.3. The van der Waals surface area contributed by atoms with Gasteiger partial charge in [0, 0.05) is 13.5 Å². The van der Waals surface area contributed by atoms with Crippen LogP contribution >= 0.6 is 0 Å². The third-order valence-corrected chi connectivity index (χ3v) is 4.23. The van der Waals surface area contributed by atoms with Gasteiger partial charge in [-0.25, -0.2) is 0 Å². The molecule has 0 atom stereocenters. The van der Waals surface area contributed by atoms with Gasteiger partial charge in [-0.15, -0.1) is 0 Å². The van der Waals surface area contributed by atoms with Crippen LogP contribution in [0, 0.1) is 11.3 Å². The molecule has 0 aromatic heterocycles. The van der Waals surface area contributed by atoms with Gasteiger partial charge in [-0.05, 0) is 18.4 Å². The maximum Gasteiger partial charge on any atom is 0.0506 e. The van der Waals surface area contributed by atoms with E-state index in [0.29, 0.717) is 5.92 Å². The average Bonchev–Trinajstić information content (AvgIpc) is 1.99. The van der Waals surface area contributed by atoms with Crippen molar-refractivity contribution in [3.05, 3.63) is 0 Å². The molecule has 14 heavy (non-hydrogen) atoms. The monoisotopic (exact) mass is 218 g/mol. The lowest BCUT2D eigenvalue weighted by Crippen LogP contribution is -2.39. The minimum atomic E-state index is -1.22. The Balaban J connectivity index is 4.53. The Morgan fingerprint density at radius 2 is 1.50 bits per heavy atom. The van der Waals surface area contributed by atoms with Crippen molar-refractivity contribution in [1.29, 1.82) is 0 Å². The lowest BCUT2D eigenvalue weighted by molar-refractivity contribution is 0.0513. The van der Waals surface area contributed by atoms with Crippen LogP contribution in [0.4, 0.5) is 0 Å². The van der Waals surface area contributed by atoms with E-state index in [4.69, 9.17) is 0 Å². The zero-order chi connectivity index (χ0) is 11.4. The lowest BCUT2D eigenvalue weighted by Gasteiger charge is -2.36. The summed E-state index contributed by atoms with van der Waals surface area (Å²) in [6, 6.07) is 1.01. The Morgan fingerprint density at radius 1 is 1.07 bits per heavy atom. The van der Waals surface area contributed by atoms with Crippen LogP contribution in [0.1, 0.15) is 20.3 Å². The highest BCUT2D eigenvalue weighted by atomic mass is 28.3. The summed E-state index contributed by atoms with van der Waals surface area (Å²) in [5, 5.41) is 18.9. The number of rotatable bonds is 6. The zero-order valence-corrected chi connectivity index (χ0v) is 11.3. The highest BCUT2D eigenvalue weighted by Crippen LogP contribution is 2.34. The molecule has 3 heteroatoms. The van der Waals surface area contributed by atoms with Crippen LogP contribution in [0.3, 0.4) is 0 Å². The van der Waals surface area contributed by atoms with E-state index in [0.717, 1.165) is 12.5 Å². The van der Waals surface area contributed by atoms with Crippen molar-refractivity contribution in [2.45, 2.75) is 46.0 Å². The van der Waals surface area contributed by atoms with Crippen LogP contribution in [0.25, 0.3) is 0 Å². The SMILES string of the molecule is CC(C)CC(CO)(CO)C[Si](C)(C)C. The molecular weight excluding hydrogens is 192 g/mol. The molecule has 86 valence electrons. The van der Waals surface area contributed by atoms with Crippen molar-refractivity contribution < 1.29 is 10.2 Å². The van der Waals surface area contributed by atoms with E-state index in [1.54, 1.807) is 0 Å². The Kier molecular flexibility index (Phi) is 5.34. The van der Waals surface area contributed by atoms with E-state index in [2.05, 4.69) is 33.5 Å². The maximum atomic E-state index is 9.45. The minimum Gasteiger partial charge on any atom is -0.396 e. The van der Waals surface area contributed by atoms with Gasteiger partial charge in [0.1, 0.15) is 0 Å². The Labute approximate surface area is 89.4 Å². The standard InChI is InChI=1S/C11H26O2Si/c1-10(2)6-11(7-12,8-13)9-14(3,4)5/h10,12-13H,6-9H2,1-5H3. The molecule has 2 N–H and O–H groups in total. The first-order chi connectivity index (χ1) is 6.24. The summed E-state index contributed by atoms with van der Waals surface area (Å²) in [6.07, 6.45) is 0.921. The minimum absolute atomic E-state index is 0.117. The van der Waals surface area contributed by atoms with Crippen LogP contribution in [0.5, 0.6) is 0 Å². The second-order valence-electron chi connectivity index (χ2n) is 6.15. The van der Waals surface area contributed by atoms with Gasteiger partial charge in [-0.3, -0.25) is 0 Å². The number of hydrogen-bond acceptors (Lipinski definition) is 2. The summed E-state index contributed by atoms with van der Waals surface area (Å²) in [5.74, 6) is 0.533. The fraction of sp³-hybridized carbons (Fsp3) is 1.00. The fourth-order valence-electron chi connectivity index (χ4n) is 2.35. The van der Waals surface area contributed by atoms with Gasteiger partial charge in [-0.2, -0.15) is 0 Å². The molecule has 0 bridgehead atoms. The Morgan fingerprint density at radius 3 is 1.71 bits per heavy atom. The van der Waals surface area contributed by atoms with Crippen LogP contribution in [0.15, 0.2) is 0 Å². The molecule has 0 heterocycles. The molecule has 0 saturated heterocycles. The van der Waals surface area contributed by atoms with Gasteiger partial charge in [0.25, 0.3) is 0 Å². The molecular formula is C11H26O2Si. The van der Waals surface area contributed by atoms with Gasteiger partial charge < -0.3 is 10.2 Å². The summed E-state index contributed by atoms with van der Waals surface area (Å²) in [6.45, 7) is 11.4. The lowest BCUT2D eigenvalue weighted by atomic mass is 9.83. The number of aliphatic hydroxyl groups is 2. The van der Waals surface area contributed by atoms with E-state index in [1.165, 1.54) is 0 Å². The molecule has 0 aliphatic carbocycles. The van der Waals surface area contributed by atoms with Crippen molar-refractivity contribution in [3.8, 4) is 0 Å². The van der Waals surface area contributed by atoms with Crippen molar-refractivity contribution in [3.63, 3.8) is 0 Å². The predicted molar refractivity (Wildman–Crippen MR) is 64.2 cm³/mol. The Bertz CT molecular complexity index is 157. The smallest absolute Gasteiger partial charge is 0.0506 e. The molecule has 0 aliphatic rings. The molecule has 0 fully saturated rings. The highest BCUT2D eigenvalue weighted by Gasteiger charge is 2.34. The van der Waals surface area contributed by atoms with E-state index >= 15 is 0 Å². The largest absolute Gasteiger partial charge is 0.396 e. The first-order valence-corrected chi connectivity index (χ1v) is 9.17. The molecule has 0 aromatic rings. The van der Waals surface area contributed by atoms with Gasteiger partial charge in [-0.1, -0.05) is 33.5 Å². The predicted octanol–water partition coefficient (Wildman–Crippen LogP) is 2.34. The normalized spacial score (nSPS) is 13.7. The third-order valence-electron chi connectivity index (χ3n) is 2.42. The fourth-order valence-corrected chi connectivity index (χ4v) is 4.97. The van der Waals surface area contributed by atoms with Crippen LogP contribution < -0.4 is 0 Å². The summed E-state index contributed by atoms with van der Waals surface area (Å²) in [5.41, 5.74) is -0.237. The van der Waals surface area contributed by atoms with E-state index in [9.17, 15) is 10.2 Å². The van der Waals surface area contributed by atoms with Crippen LogP contribution in [0.2, 0.25) is 25.7 Å². The van der Waals surface area contributed by atoms with Gasteiger partial charge in [0.05, 0.1) is 13.2 Å². The number of aliphatic hydroxyl groups excluding tert-OH is 2. The van der Waals surface area contributed by atoms with E-state index in [1.807, 2.05) is 0 Å².